The molecular weight excluding hydrogens is 410 g/mol. The van der Waals surface area contributed by atoms with Gasteiger partial charge in [-0.1, -0.05) is 0 Å². The molecule has 0 aliphatic carbocycles. The first-order chi connectivity index (χ1) is 14.2. The molecule has 11 nitrogen and oxygen atoms in total. The lowest BCUT2D eigenvalue weighted by atomic mass is 10.2. The third-order valence-corrected chi connectivity index (χ3v) is 3.28. The van der Waals surface area contributed by atoms with E-state index in [4.69, 9.17) is 5.11 Å². The highest BCUT2D eigenvalue weighted by molar-refractivity contribution is 5.67. The largest absolute Gasteiger partial charge is 0.550 e. The summed E-state index contributed by atoms with van der Waals surface area (Å²) in [6, 6.07) is 0. The number of aliphatic carboxylic acids is 4. The predicted octanol–water partition coefficient (Wildman–Crippen LogP) is -2.36. The van der Waals surface area contributed by atoms with Crippen molar-refractivity contribution in [2.75, 3.05) is 13.1 Å². The van der Waals surface area contributed by atoms with E-state index in [-0.39, 0.29) is 31.8 Å². The molecule has 0 fully saturated rings. The maximum absolute atomic E-state index is 9.88. The van der Waals surface area contributed by atoms with Crippen LogP contribution in [0.25, 0.3) is 0 Å². The van der Waals surface area contributed by atoms with Crippen molar-refractivity contribution in [3.05, 3.63) is 13.2 Å². The molecule has 0 aliphatic rings. The standard InChI is InChI=1S/C6H16N2.2C6H10O4.C2H4.H3N/c7-5-3-1-2-4-6-8;2*7-5(8)3-1-2-4-6(9)10;1-2;/h1-8H2;2*1-4H2,(H,7,8)(H,9,10);1-2H2;1H3. The van der Waals surface area contributed by atoms with Crippen LogP contribution in [0.4, 0.5) is 0 Å². The molecule has 31 heavy (non-hydrogen) atoms. The monoisotopic (exact) mass is 453 g/mol. The van der Waals surface area contributed by atoms with Crippen molar-refractivity contribution in [2.45, 2.75) is 77.0 Å². The lowest BCUT2D eigenvalue weighted by Crippen LogP contribution is -2.50. The Hall–Kier alpha value is -2.50. The molecule has 0 atom stereocenters. The lowest BCUT2D eigenvalue weighted by molar-refractivity contribution is -0.371. The van der Waals surface area contributed by atoms with Crippen LogP contribution < -0.4 is 32.9 Å². The van der Waals surface area contributed by atoms with Crippen molar-refractivity contribution >= 4 is 23.9 Å². The molecule has 186 valence electrons. The van der Waals surface area contributed by atoms with Gasteiger partial charge in [0, 0.05) is 24.3 Å². The topological polar surface area (TPSA) is 249 Å². The van der Waals surface area contributed by atoms with Gasteiger partial charge in [0.1, 0.15) is 0 Å². The zero-order valence-corrected chi connectivity index (χ0v) is 19.0. The van der Waals surface area contributed by atoms with Crippen molar-refractivity contribution in [2.24, 2.45) is 0 Å². The molecule has 0 radical (unpaired) electrons. The lowest BCUT2D eigenvalue weighted by Gasteiger charge is -2.01. The van der Waals surface area contributed by atoms with Crippen LogP contribution in [-0.4, -0.2) is 42.1 Å². The van der Waals surface area contributed by atoms with Crippen molar-refractivity contribution in [3.8, 4) is 0 Å². The second-order valence-corrected chi connectivity index (χ2v) is 6.05. The van der Waals surface area contributed by atoms with Crippen LogP contribution in [0.2, 0.25) is 0 Å². The van der Waals surface area contributed by atoms with Gasteiger partial charge in [-0.2, -0.15) is 0 Å². The van der Waals surface area contributed by atoms with Gasteiger partial charge in [0.2, 0.25) is 0 Å². The second-order valence-electron chi connectivity index (χ2n) is 6.05. The summed E-state index contributed by atoms with van der Waals surface area (Å²) in [5.74, 6) is -4.29. The summed E-state index contributed by atoms with van der Waals surface area (Å²) in [6.07, 6.45) is 6.59. The smallest absolute Gasteiger partial charge is 0.303 e. The van der Waals surface area contributed by atoms with Gasteiger partial charge in [0.15, 0.2) is 0 Å². The first kappa shape index (κ1) is 39.0. The van der Waals surface area contributed by atoms with Crippen molar-refractivity contribution in [1.82, 2.24) is 6.15 Å². The molecule has 0 spiro atoms. The quantitative estimate of drug-likeness (QED) is 0.154. The number of unbranched alkanes of at least 4 members (excludes halogenated alkanes) is 5. The summed E-state index contributed by atoms with van der Waals surface area (Å²) >= 11 is 0. The van der Waals surface area contributed by atoms with E-state index >= 15 is 0 Å². The maximum atomic E-state index is 9.88. The van der Waals surface area contributed by atoms with E-state index in [0.29, 0.717) is 25.7 Å². The molecule has 0 saturated heterocycles. The van der Waals surface area contributed by atoms with Crippen LogP contribution >= 0.6 is 0 Å². The molecule has 0 saturated carbocycles. The third-order valence-electron chi connectivity index (χ3n) is 3.28. The van der Waals surface area contributed by atoms with Gasteiger partial charge < -0.3 is 52.4 Å². The number of hydrogen-bond acceptors (Lipinski definition) is 7. The molecule has 11 N–H and O–H groups in total. The number of hydrogen-bond donors (Lipinski definition) is 4. The average Bonchev–Trinajstić information content (AvgIpc) is 2.68. The minimum absolute atomic E-state index is 0. The molecule has 0 heterocycles. The maximum Gasteiger partial charge on any atom is 0.303 e. The Bertz CT molecular complexity index is 365. The van der Waals surface area contributed by atoms with Crippen molar-refractivity contribution in [1.29, 1.82) is 0 Å². The van der Waals surface area contributed by atoms with E-state index in [1.807, 2.05) is 0 Å². The van der Waals surface area contributed by atoms with E-state index in [1.54, 1.807) is 0 Å². The van der Waals surface area contributed by atoms with Gasteiger partial charge in [0.05, 0.1) is 13.1 Å². The van der Waals surface area contributed by atoms with Gasteiger partial charge in [-0.25, -0.2) is 0 Å². The number of carboxylic acids is 4. The van der Waals surface area contributed by atoms with Gasteiger partial charge in [-0.15, -0.1) is 13.2 Å². The summed E-state index contributed by atoms with van der Waals surface area (Å²) < 4.78 is 0. The molecule has 0 bridgehead atoms. The second kappa shape index (κ2) is 35.0. The SMILES string of the molecule is C=C.O=C([O-])CCCCC(=O)O.O=C([O-])CCCCC(=O)[O-].[NH3+]CCCCCC[NH3+].[NH4+]. The van der Waals surface area contributed by atoms with Gasteiger partial charge in [-0.3, -0.25) is 4.79 Å². The van der Waals surface area contributed by atoms with Crippen LogP contribution in [0.3, 0.4) is 0 Å². The fourth-order valence-corrected chi connectivity index (χ4v) is 1.79. The molecule has 0 amide bonds. The zero-order chi connectivity index (χ0) is 24.2. The van der Waals surface area contributed by atoms with Crippen LogP contribution in [0, 0.1) is 0 Å². The molecule has 11 heteroatoms. The van der Waals surface area contributed by atoms with Gasteiger partial charge in [0.25, 0.3) is 0 Å². The minimum atomic E-state index is -1.14. The van der Waals surface area contributed by atoms with E-state index in [0.717, 1.165) is 13.1 Å². The highest BCUT2D eigenvalue weighted by Gasteiger charge is 1.95. The highest BCUT2D eigenvalue weighted by Crippen LogP contribution is 1.98. The number of rotatable bonds is 15. The number of carbonyl (C=O) groups is 4. The normalized spacial score (nSPS) is 8.58. The van der Waals surface area contributed by atoms with E-state index in [1.165, 1.54) is 25.7 Å². The third kappa shape index (κ3) is 65.7. The number of quaternary nitrogens is 3. The van der Waals surface area contributed by atoms with Gasteiger partial charge >= 0.3 is 5.97 Å². The molecule has 0 aromatic rings. The first-order valence-corrected chi connectivity index (χ1v) is 10.1. The van der Waals surface area contributed by atoms with Gasteiger partial charge in [-0.05, 0) is 70.6 Å². The molecular formula is C20H43N3O8. The Balaban J connectivity index is -0.000000104. The summed E-state index contributed by atoms with van der Waals surface area (Å²) in [5, 5.41) is 37.4. The number of carboxylic acid groups (broad SMARTS) is 4. The van der Waals surface area contributed by atoms with Crippen LogP contribution in [0.15, 0.2) is 13.2 Å². The summed E-state index contributed by atoms with van der Waals surface area (Å²) in [4.78, 5) is 39.2. The number of carbonyl (C=O) groups excluding carboxylic acids is 3. The first-order valence-electron chi connectivity index (χ1n) is 10.1. The Morgan fingerprint density at radius 1 is 0.581 bits per heavy atom. The molecule has 0 aliphatic heterocycles. The molecule has 0 aromatic heterocycles. The van der Waals surface area contributed by atoms with E-state index in [2.05, 4.69) is 24.6 Å². The Labute approximate surface area is 185 Å². The fourth-order valence-electron chi connectivity index (χ4n) is 1.79. The Morgan fingerprint density at radius 2 is 0.839 bits per heavy atom. The average molecular weight is 454 g/mol. The Morgan fingerprint density at radius 3 is 1.03 bits per heavy atom. The molecule has 0 unspecified atom stereocenters. The summed E-state index contributed by atoms with van der Waals surface area (Å²) in [7, 11) is 0. The zero-order valence-electron chi connectivity index (χ0n) is 19.0. The van der Waals surface area contributed by atoms with E-state index < -0.39 is 23.9 Å². The summed E-state index contributed by atoms with van der Waals surface area (Å²) in [6.45, 7) is 8.19. The van der Waals surface area contributed by atoms with Crippen LogP contribution in [-0.2, 0) is 19.2 Å². The van der Waals surface area contributed by atoms with Crippen molar-refractivity contribution < 1.29 is 51.1 Å². The highest BCUT2D eigenvalue weighted by atomic mass is 16.4. The predicted molar refractivity (Wildman–Crippen MR) is 111 cm³/mol. The Kier molecular flexibility index (Phi) is 44.0. The minimum Gasteiger partial charge on any atom is -0.550 e. The van der Waals surface area contributed by atoms with Crippen LogP contribution in [0.1, 0.15) is 77.0 Å². The van der Waals surface area contributed by atoms with Crippen LogP contribution in [0.5, 0.6) is 0 Å². The molecule has 0 rings (SSSR count). The molecule has 0 aromatic carbocycles. The summed E-state index contributed by atoms with van der Waals surface area (Å²) in [5.41, 5.74) is 7.54. The van der Waals surface area contributed by atoms with Crippen molar-refractivity contribution in [3.63, 3.8) is 0 Å². The fraction of sp³-hybridized carbons (Fsp3) is 0.700. The van der Waals surface area contributed by atoms with E-state index in [9.17, 15) is 34.5 Å².